The Morgan fingerprint density at radius 2 is 1.95 bits per heavy atom. The molecule has 2 heterocycles. The number of imidazole rings is 1. The van der Waals surface area contributed by atoms with Crippen LogP contribution in [0.25, 0.3) is 11.2 Å². The van der Waals surface area contributed by atoms with E-state index in [0.717, 1.165) is 5.56 Å². The van der Waals surface area contributed by atoms with Crippen LogP contribution in [0.15, 0.2) is 63.2 Å². The molecule has 0 amide bonds. The maximum absolute atomic E-state index is 12.7. The minimum atomic E-state index is -1.03. The Kier molecular flexibility index (Phi) is 7.15. The number of aromatic amines is 1. The molecule has 0 bridgehead atoms. The van der Waals surface area contributed by atoms with Gasteiger partial charge in [0.05, 0.1) is 17.2 Å². The van der Waals surface area contributed by atoms with Crippen LogP contribution >= 0.6 is 0 Å². The minimum absolute atomic E-state index is 0.0478. The molecule has 37 heavy (non-hydrogen) atoms. The van der Waals surface area contributed by atoms with Crippen LogP contribution in [0, 0.1) is 17.0 Å². The monoisotopic (exact) mass is 507 g/mol. The Labute approximate surface area is 209 Å². The third kappa shape index (κ3) is 5.41. The number of fused-ring (bicyclic) bond motifs is 1. The zero-order chi connectivity index (χ0) is 26.7. The van der Waals surface area contributed by atoms with Crippen LogP contribution in [0.3, 0.4) is 0 Å². The molecule has 13 nitrogen and oxygen atoms in total. The van der Waals surface area contributed by atoms with Gasteiger partial charge in [-0.2, -0.15) is 10.1 Å². The molecule has 0 fully saturated rings. The number of anilines is 1. The molecule has 0 saturated heterocycles. The number of aliphatic hydroxyl groups excluding tert-OH is 1. The molecule has 192 valence electrons. The van der Waals surface area contributed by atoms with Gasteiger partial charge in [-0.15, -0.1) is 0 Å². The fourth-order valence-electron chi connectivity index (χ4n) is 3.69. The van der Waals surface area contributed by atoms with E-state index in [1.165, 1.54) is 28.3 Å². The molecule has 0 spiro atoms. The quantitative estimate of drug-likeness (QED) is 0.175. The van der Waals surface area contributed by atoms with Gasteiger partial charge in [0.25, 0.3) is 11.2 Å². The topological polar surface area (TPSA) is 170 Å². The van der Waals surface area contributed by atoms with Crippen LogP contribution in [0.1, 0.15) is 18.1 Å². The first-order chi connectivity index (χ1) is 17.7. The van der Waals surface area contributed by atoms with Crippen LogP contribution in [-0.4, -0.2) is 47.6 Å². The van der Waals surface area contributed by atoms with Crippen LogP contribution in [-0.2, 0) is 13.6 Å². The van der Waals surface area contributed by atoms with E-state index in [0.29, 0.717) is 17.0 Å². The van der Waals surface area contributed by atoms with Crippen molar-refractivity contribution in [3.63, 3.8) is 0 Å². The smallest absolute Gasteiger partial charge is 0.329 e. The lowest BCUT2D eigenvalue weighted by molar-refractivity contribution is -0.384. The fraction of sp³-hybridized carbons (Fsp3) is 0.250. The lowest BCUT2D eigenvalue weighted by Crippen LogP contribution is -2.30. The van der Waals surface area contributed by atoms with Gasteiger partial charge in [-0.1, -0.05) is 18.2 Å². The molecular weight excluding hydrogens is 482 g/mol. The van der Waals surface area contributed by atoms with E-state index in [4.69, 9.17) is 4.74 Å². The van der Waals surface area contributed by atoms with E-state index in [9.17, 15) is 24.8 Å². The summed E-state index contributed by atoms with van der Waals surface area (Å²) >= 11 is 0. The number of nitrogens with one attached hydrogen (secondary N) is 2. The van der Waals surface area contributed by atoms with Gasteiger partial charge >= 0.3 is 5.69 Å². The number of ether oxygens (including phenoxy) is 1. The van der Waals surface area contributed by atoms with E-state index in [-0.39, 0.29) is 36.0 Å². The van der Waals surface area contributed by atoms with Crippen LogP contribution < -0.4 is 21.4 Å². The number of aliphatic hydroxyl groups is 1. The minimum Gasteiger partial charge on any atom is -0.491 e. The van der Waals surface area contributed by atoms with Crippen LogP contribution in [0.2, 0.25) is 0 Å². The first kappa shape index (κ1) is 25.3. The Balaban J connectivity index is 1.64. The Morgan fingerprint density at radius 1 is 1.24 bits per heavy atom. The van der Waals surface area contributed by atoms with Crippen molar-refractivity contribution in [1.29, 1.82) is 0 Å². The summed E-state index contributed by atoms with van der Waals surface area (Å²) in [7, 11) is 1.46. The summed E-state index contributed by atoms with van der Waals surface area (Å²) in [5, 5.41) is 25.9. The van der Waals surface area contributed by atoms with Crippen LogP contribution in [0.4, 0.5) is 11.6 Å². The molecule has 4 aromatic rings. The Hall–Kier alpha value is -4.78. The molecule has 0 aliphatic heterocycles. The highest BCUT2D eigenvalue weighted by Crippen LogP contribution is 2.19. The molecule has 0 aliphatic rings. The van der Waals surface area contributed by atoms with Gasteiger partial charge in [0.1, 0.15) is 18.5 Å². The summed E-state index contributed by atoms with van der Waals surface area (Å²) in [6.07, 6.45) is -1.03. The normalized spacial score (nSPS) is 12.5. The van der Waals surface area contributed by atoms with Gasteiger partial charge in [0.2, 0.25) is 5.95 Å². The lowest BCUT2D eigenvalue weighted by atomic mass is 10.1. The second kappa shape index (κ2) is 10.5. The zero-order valence-electron chi connectivity index (χ0n) is 20.3. The highest BCUT2D eigenvalue weighted by atomic mass is 16.6. The van der Waals surface area contributed by atoms with Crippen molar-refractivity contribution < 1.29 is 14.8 Å². The number of hydrazone groups is 1. The summed E-state index contributed by atoms with van der Waals surface area (Å²) in [5.74, 6) is 0.733. The number of aryl methyl sites for hydroxylation is 2. The number of hydrogen-bond acceptors (Lipinski definition) is 9. The number of H-pyrrole nitrogens is 1. The molecule has 0 aliphatic carbocycles. The van der Waals surface area contributed by atoms with Crippen molar-refractivity contribution in [1.82, 2.24) is 19.1 Å². The van der Waals surface area contributed by atoms with Gasteiger partial charge in [-0.05, 0) is 43.2 Å². The van der Waals surface area contributed by atoms with E-state index in [2.05, 4.69) is 20.5 Å². The number of nitro groups is 1. The predicted octanol–water partition coefficient (Wildman–Crippen LogP) is 1.92. The molecule has 4 rings (SSSR count). The second-order valence-corrected chi connectivity index (χ2v) is 8.38. The molecule has 2 aromatic carbocycles. The Bertz CT molecular complexity index is 1600. The molecule has 1 atom stereocenters. The third-order valence-electron chi connectivity index (χ3n) is 5.74. The number of nitrogens with zero attached hydrogens (tertiary/aromatic N) is 5. The first-order valence-electron chi connectivity index (χ1n) is 11.3. The highest BCUT2D eigenvalue weighted by Gasteiger charge is 2.20. The molecule has 0 saturated carbocycles. The van der Waals surface area contributed by atoms with E-state index < -0.39 is 22.3 Å². The number of rotatable bonds is 9. The van der Waals surface area contributed by atoms with Gasteiger partial charge in [0, 0.05) is 19.2 Å². The average Bonchev–Trinajstić information content (AvgIpc) is 3.24. The van der Waals surface area contributed by atoms with Crippen molar-refractivity contribution in [3.05, 3.63) is 90.6 Å². The number of non-ortho nitro benzene ring substituents is 1. The molecule has 2 aromatic heterocycles. The average molecular weight is 508 g/mol. The summed E-state index contributed by atoms with van der Waals surface area (Å²) in [6.45, 7) is 3.43. The van der Waals surface area contributed by atoms with Crippen molar-refractivity contribution in [2.24, 2.45) is 12.1 Å². The second-order valence-electron chi connectivity index (χ2n) is 8.38. The SMILES string of the molecule is CC(=NNc1nc2c(c(=O)[nH]c(=O)n2C)n1CC(O)COc1ccccc1C)c1ccc([N+](=O)[O-])cc1. The van der Waals surface area contributed by atoms with Gasteiger partial charge in [0.15, 0.2) is 11.2 Å². The predicted molar refractivity (Wildman–Crippen MR) is 137 cm³/mol. The fourth-order valence-corrected chi connectivity index (χ4v) is 3.69. The summed E-state index contributed by atoms with van der Waals surface area (Å²) in [6, 6.07) is 13.2. The standard InChI is InChI=1S/C24H25N7O6/c1-14-6-4-5-7-19(14)37-13-18(32)12-30-20-21(29(3)24(34)26-22(20)33)25-23(30)28-27-15(2)16-8-10-17(11-9-16)31(35)36/h4-11,18,32H,12-13H2,1-3H3,(H,25,28)(H,26,33,34). The number of aromatic nitrogens is 4. The molecule has 0 radical (unpaired) electrons. The maximum Gasteiger partial charge on any atom is 0.329 e. The maximum atomic E-state index is 12.7. The third-order valence-corrected chi connectivity index (χ3v) is 5.74. The molecule has 13 heteroatoms. The van der Waals surface area contributed by atoms with Crippen LogP contribution in [0.5, 0.6) is 5.75 Å². The van der Waals surface area contributed by atoms with Crippen molar-refractivity contribution in [3.8, 4) is 5.75 Å². The van der Waals surface area contributed by atoms with Gasteiger partial charge in [-0.25, -0.2) is 10.2 Å². The number of benzene rings is 2. The van der Waals surface area contributed by atoms with Gasteiger partial charge < -0.3 is 14.4 Å². The summed E-state index contributed by atoms with van der Waals surface area (Å²) in [5.41, 5.74) is 3.63. The summed E-state index contributed by atoms with van der Waals surface area (Å²) in [4.78, 5) is 41.8. The van der Waals surface area contributed by atoms with Crippen molar-refractivity contribution in [2.45, 2.75) is 26.5 Å². The van der Waals surface area contributed by atoms with E-state index in [1.54, 1.807) is 25.1 Å². The number of hydrogen-bond donors (Lipinski definition) is 3. The first-order valence-corrected chi connectivity index (χ1v) is 11.3. The molecule has 3 N–H and O–H groups in total. The number of para-hydroxylation sites is 1. The highest BCUT2D eigenvalue weighted by molar-refractivity contribution is 5.99. The van der Waals surface area contributed by atoms with E-state index in [1.807, 2.05) is 25.1 Å². The number of nitro benzene ring substituents is 1. The Morgan fingerprint density at radius 3 is 2.62 bits per heavy atom. The largest absolute Gasteiger partial charge is 0.491 e. The molecular formula is C24H25N7O6. The van der Waals surface area contributed by atoms with Gasteiger partial charge in [-0.3, -0.25) is 24.5 Å². The van der Waals surface area contributed by atoms with E-state index >= 15 is 0 Å². The molecule has 1 unspecified atom stereocenters. The summed E-state index contributed by atoms with van der Waals surface area (Å²) < 4.78 is 8.34. The van der Waals surface area contributed by atoms with Crippen molar-refractivity contribution >= 4 is 28.5 Å². The van der Waals surface area contributed by atoms with Crippen molar-refractivity contribution in [2.75, 3.05) is 12.0 Å². The zero-order valence-corrected chi connectivity index (χ0v) is 20.3. The lowest BCUT2D eigenvalue weighted by Gasteiger charge is -2.16.